The first-order valence-electron chi connectivity index (χ1n) is 7.44. The third kappa shape index (κ3) is 3.73. The molecule has 2 aromatic carbocycles. The molecule has 0 bridgehead atoms. The predicted octanol–water partition coefficient (Wildman–Crippen LogP) is 4.27. The summed E-state index contributed by atoms with van der Waals surface area (Å²) in [6.45, 7) is 0. The molecule has 0 fully saturated rings. The van der Waals surface area contributed by atoms with E-state index in [-0.39, 0.29) is 0 Å². The van der Waals surface area contributed by atoms with Gasteiger partial charge in [-0.3, -0.25) is 4.98 Å². The van der Waals surface area contributed by atoms with E-state index >= 15 is 0 Å². The average molecular weight is 289 g/mol. The minimum atomic E-state index is 0.868. The van der Waals surface area contributed by atoms with Gasteiger partial charge in [0.15, 0.2) is 0 Å². The Bertz CT molecular complexity index is 737. The molecule has 0 atom stereocenters. The van der Waals surface area contributed by atoms with E-state index < -0.39 is 0 Å². The van der Waals surface area contributed by atoms with Crippen LogP contribution in [0.4, 0.5) is 0 Å². The van der Waals surface area contributed by atoms with E-state index in [4.69, 9.17) is 4.74 Å². The molecule has 2 nitrogen and oxygen atoms in total. The first-order chi connectivity index (χ1) is 10.8. The van der Waals surface area contributed by atoms with Crippen LogP contribution < -0.4 is 4.74 Å². The number of nitrogens with zero attached hydrogens (tertiary/aromatic N) is 1. The fraction of sp³-hybridized carbons (Fsp3) is 0.150. The number of aromatic nitrogens is 1. The molecular weight excluding hydrogens is 270 g/mol. The molecule has 2 heteroatoms. The molecule has 0 saturated heterocycles. The average Bonchev–Trinajstić information content (AvgIpc) is 2.56. The number of pyridine rings is 1. The van der Waals surface area contributed by atoms with Crippen LogP contribution in [0.25, 0.3) is 0 Å². The van der Waals surface area contributed by atoms with Gasteiger partial charge in [0, 0.05) is 18.3 Å². The maximum Gasteiger partial charge on any atom is 0.119 e. The van der Waals surface area contributed by atoms with E-state index in [1.165, 1.54) is 16.7 Å². The molecule has 3 rings (SSSR count). The van der Waals surface area contributed by atoms with Crippen molar-refractivity contribution in [2.45, 2.75) is 12.8 Å². The normalized spacial score (nSPS) is 10.4. The Hall–Kier alpha value is -2.61. The number of ether oxygens (including phenoxy) is 1. The van der Waals surface area contributed by atoms with Crippen molar-refractivity contribution >= 4 is 0 Å². The quantitative estimate of drug-likeness (QED) is 0.699. The van der Waals surface area contributed by atoms with Crippen LogP contribution in [0.3, 0.4) is 0 Å². The number of hydrogen-bond acceptors (Lipinski definition) is 2. The van der Waals surface area contributed by atoms with E-state index in [1.807, 2.05) is 30.5 Å². The second-order valence-corrected chi connectivity index (χ2v) is 5.35. The highest BCUT2D eigenvalue weighted by Crippen LogP contribution is 2.17. The summed E-state index contributed by atoms with van der Waals surface area (Å²) in [6.07, 6.45) is 3.62. The van der Waals surface area contributed by atoms with Gasteiger partial charge in [0.1, 0.15) is 5.75 Å². The fourth-order valence-corrected chi connectivity index (χ4v) is 2.58. The maximum absolute atomic E-state index is 5.29. The lowest BCUT2D eigenvalue weighted by molar-refractivity contribution is 0.414. The Morgan fingerprint density at radius 2 is 1.50 bits per heavy atom. The van der Waals surface area contributed by atoms with E-state index in [0.29, 0.717) is 0 Å². The van der Waals surface area contributed by atoms with Gasteiger partial charge in [0.25, 0.3) is 0 Å². The van der Waals surface area contributed by atoms with Crippen LogP contribution in [0.5, 0.6) is 5.75 Å². The van der Waals surface area contributed by atoms with E-state index in [9.17, 15) is 0 Å². The molecule has 0 amide bonds. The SMILES string of the molecule is COc1cccc(Cc2cccc(Cc3ccccn3)c2)c1. The van der Waals surface area contributed by atoms with Crippen LogP contribution in [0.1, 0.15) is 22.4 Å². The van der Waals surface area contributed by atoms with Gasteiger partial charge in [-0.05, 0) is 47.4 Å². The number of hydrogen-bond donors (Lipinski definition) is 0. The molecule has 0 N–H and O–H groups in total. The highest BCUT2D eigenvalue weighted by atomic mass is 16.5. The first kappa shape index (κ1) is 14.3. The highest BCUT2D eigenvalue weighted by Gasteiger charge is 2.02. The molecule has 110 valence electrons. The van der Waals surface area contributed by atoms with Crippen molar-refractivity contribution in [2.75, 3.05) is 7.11 Å². The van der Waals surface area contributed by atoms with Gasteiger partial charge >= 0.3 is 0 Å². The van der Waals surface area contributed by atoms with Crippen LogP contribution in [-0.2, 0) is 12.8 Å². The molecule has 3 aromatic rings. The van der Waals surface area contributed by atoms with Crippen LogP contribution >= 0.6 is 0 Å². The summed E-state index contributed by atoms with van der Waals surface area (Å²) in [5.74, 6) is 0.905. The smallest absolute Gasteiger partial charge is 0.119 e. The summed E-state index contributed by atoms with van der Waals surface area (Å²) in [5.41, 5.74) is 4.95. The van der Waals surface area contributed by atoms with Gasteiger partial charge in [0.05, 0.1) is 7.11 Å². The largest absolute Gasteiger partial charge is 0.497 e. The summed E-state index contributed by atoms with van der Waals surface area (Å²) in [6, 6.07) is 23.0. The minimum absolute atomic E-state index is 0.868. The molecule has 0 aliphatic heterocycles. The van der Waals surface area contributed by atoms with Gasteiger partial charge in [-0.15, -0.1) is 0 Å². The van der Waals surface area contributed by atoms with Gasteiger partial charge in [0.2, 0.25) is 0 Å². The lowest BCUT2D eigenvalue weighted by Crippen LogP contribution is -1.94. The third-order valence-electron chi connectivity index (χ3n) is 3.65. The summed E-state index contributed by atoms with van der Waals surface area (Å²) < 4.78 is 5.29. The van der Waals surface area contributed by atoms with Gasteiger partial charge < -0.3 is 4.74 Å². The predicted molar refractivity (Wildman–Crippen MR) is 89.3 cm³/mol. The molecule has 22 heavy (non-hydrogen) atoms. The Labute approximate surface area is 131 Å². The second kappa shape index (κ2) is 6.90. The number of methoxy groups -OCH3 is 1. The Balaban J connectivity index is 1.76. The van der Waals surface area contributed by atoms with Crippen molar-refractivity contribution in [3.8, 4) is 5.75 Å². The molecule has 0 unspecified atom stereocenters. The topological polar surface area (TPSA) is 22.1 Å². The molecule has 0 aliphatic carbocycles. The second-order valence-electron chi connectivity index (χ2n) is 5.35. The van der Waals surface area contributed by atoms with Crippen molar-refractivity contribution in [2.24, 2.45) is 0 Å². The molecule has 0 saturated carbocycles. The van der Waals surface area contributed by atoms with E-state index in [2.05, 4.69) is 47.4 Å². The van der Waals surface area contributed by atoms with Crippen LogP contribution in [-0.4, -0.2) is 12.1 Å². The summed E-state index contributed by atoms with van der Waals surface area (Å²) in [7, 11) is 1.70. The Kier molecular flexibility index (Phi) is 4.50. The summed E-state index contributed by atoms with van der Waals surface area (Å²) >= 11 is 0. The molecule has 0 aliphatic rings. The molecular formula is C20H19NO. The maximum atomic E-state index is 5.29. The minimum Gasteiger partial charge on any atom is -0.497 e. The summed E-state index contributed by atoms with van der Waals surface area (Å²) in [5, 5.41) is 0. The highest BCUT2D eigenvalue weighted by molar-refractivity contribution is 5.34. The fourth-order valence-electron chi connectivity index (χ4n) is 2.58. The van der Waals surface area contributed by atoms with Crippen LogP contribution in [0.15, 0.2) is 72.9 Å². The van der Waals surface area contributed by atoms with Gasteiger partial charge in [-0.2, -0.15) is 0 Å². The monoisotopic (exact) mass is 289 g/mol. The van der Waals surface area contributed by atoms with Crippen molar-refractivity contribution in [3.05, 3.63) is 95.3 Å². The Morgan fingerprint density at radius 1 is 0.773 bits per heavy atom. The van der Waals surface area contributed by atoms with E-state index in [0.717, 1.165) is 24.3 Å². The third-order valence-corrected chi connectivity index (χ3v) is 3.65. The zero-order valence-electron chi connectivity index (χ0n) is 12.7. The van der Waals surface area contributed by atoms with Crippen molar-refractivity contribution in [1.29, 1.82) is 0 Å². The number of rotatable bonds is 5. The molecule has 0 radical (unpaired) electrons. The Morgan fingerprint density at radius 3 is 2.23 bits per heavy atom. The first-order valence-corrected chi connectivity index (χ1v) is 7.44. The standard InChI is InChI=1S/C20H19NO/c1-22-20-10-5-8-18(15-20)13-16-6-4-7-17(12-16)14-19-9-2-3-11-21-19/h2-12,15H,13-14H2,1H3. The lowest BCUT2D eigenvalue weighted by atomic mass is 10.0. The molecule has 1 heterocycles. The molecule has 0 spiro atoms. The molecule has 1 aromatic heterocycles. The van der Waals surface area contributed by atoms with Crippen LogP contribution in [0, 0.1) is 0 Å². The lowest BCUT2D eigenvalue weighted by Gasteiger charge is -2.07. The zero-order chi connectivity index (χ0) is 15.2. The number of benzene rings is 2. The summed E-state index contributed by atoms with van der Waals surface area (Å²) in [4.78, 5) is 4.39. The van der Waals surface area contributed by atoms with Crippen LogP contribution in [0.2, 0.25) is 0 Å². The zero-order valence-corrected chi connectivity index (χ0v) is 12.7. The van der Waals surface area contributed by atoms with E-state index in [1.54, 1.807) is 7.11 Å². The van der Waals surface area contributed by atoms with Gasteiger partial charge in [-0.1, -0.05) is 42.5 Å². The van der Waals surface area contributed by atoms with Crippen molar-refractivity contribution in [1.82, 2.24) is 4.98 Å². The van der Waals surface area contributed by atoms with Gasteiger partial charge in [-0.25, -0.2) is 0 Å². The van der Waals surface area contributed by atoms with Crippen molar-refractivity contribution in [3.63, 3.8) is 0 Å². The van der Waals surface area contributed by atoms with Crippen molar-refractivity contribution < 1.29 is 4.74 Å².